The lowest BCUT2D eigenvalue weighted by molar-refractivity contribution is -0.154. The maximum Gasteiger partial charge on any atom is 0.422 e. The number of amides is 3. The van der Waals surface area contributed by atoms with Crippen molar-refractivity contribution in [3.05, 3.63) is 53.6 Å². The number of esters is 1. The van der Waals surface area contributed by atoms with E-state index < -0.39 is 55.1 Å². The van der Waals surface area contributed by atoms with Gasteiger partial charge in [0.25, 0.3) is 5.91 Å². The quantitative estimate of drug-likeness (QED) is 0.205. The summed E-state index contributed by atoms with van der Waals surface area (Å²) in [5.74, 6) is -3.01. The number of likely N-dealkylation sites (N-methyl/N-ethyl adjacent to an activating group) is 1. The molecule has 1 atom stereocenters. The number of alkyl halides is 3. The number of carbonyl (C=O) groups is 4. The number of halogens is 3. The van der Waals surface area contributed by atoms with Crippen molar-refractivity contribution >= 4 is 41.3 Å². The SMILES string of the molecule is COC(=O)C(CNC(=O)C(=O)N(C)C)NC(=O)c1ccc2cc1OCCCCCCOc1ccc(cc1)CNc1nc(nc(OCC(F)(F)F)n1)N2. The number of methoxy groups -OCH3 is 1. The van der Waals surface area contributed by atoms with Gasteiger partial charge in [0.1, 0.15) is 17.5 Å². The van der Waals surface area contributed by atoms with E-state index in [0.717, 1.165) is 36.8 Å². The summed E-state index contributed by atoms with van der Waals surface area (Å²) in [6, 6.07) is 9.60. The van der Waals surface area contributed by atoms with Crippen molar-refractivity contribution < 1.29 is 51.3 Å². The number of nitrogens with one attached hydrogen (secondary N) is 4. The Hall–Kier alpha value is -5.88. The Bertz CT molecular complexity index is 1710. The molecule has 0 saturated heterocycles. The lowest BCUT2D eigenvalue weighted by Gasteiger charge is -2.19. The van der Waals surface area contributed by atoms with Gasteiger partial charge in [0.2, 0.25) is 11.9 Å². The molecule has 19 heteroatoms. The summed E-state index contributed by atoms with van der Waals surface area (Å²) in [5.41, 5.74) is 1.10. The van der Waals surface area contributed by atoms with E-state index in [-0.39, 0.29) is 42.0 Å². The average molecular weight is 733 g/mol. The number of carbonyl (C=O) groups excluding carboxylic acids is 4. The van der Waals surface area contributed by atoms with Crippen molar-refractivity contribution in [2.24, 2.45) is 0 Å². The minimum absolute atomic E-state index is 0.00124. The van der Waals surface area contributed by atoms with Gasteiger partial charge in [-0.25, -0.2) is 4.79 Å². The Kier molecular flexibility index (Phi) is 13.8. The van der Waals surface area contributed by atoms with Crippen molar-refractivity contribution in [3.8, 4) is 17.5 Å². The van der Waals surface area contributed by atoms with Crippen molar-refractivity contribution in [1.29, 1.82) is 0 Å². The zero-order valence-electron chi connectivity index (χ0n) is 28.7. The van der Waals surface area contributed by atoms with E-state index in [1.54, 1.807) is 0 Å². The first-order valence-electron chi connectivity index (χ1n) is 16.1. The highest BCUT2D eigenvalue weighted by Gasteiger charge is 2.30. The third kappa shape index (κ3) is 12.2. The number of anilines is 3. The lowest BCUT2D eigenvalue weighted by atomic mass is 10.1. The summed E-state index contributed by atoms with van der Waals surface area (Å²) in [4.78, 5) is 63.4. The number of hydrogen-bond donors (Lipinski definition) is 4. The van der Waals surface area contributed by atoms with Crippen molar-refractivity contribution in [1.82, 2.24) is 30.5 Å². The van der Waals surface area contributed by atoms with E-state index >= 15 is 0 Å². The van der Waals surface area contributed by atoms with Gasteiger partial charge in [-0.15, -0.1) is 0 Å². The molecule has 6 bridgehead atoms. The molecule has 0 fully saturated rings. The second-order valence-electron chi connectivity index (χ2n) is 11.6. The third-order valence-corrected chi connectivity index (χ3v) is 7.26. The fourth-order valence-corrected chi connectivity index (χ4v) is 4.60. The Morgan fingerprint density at radius 2 is 1.63 bits per heavy atom. The minimum atomic E-state index is -4.65. The van der Waals surface area contributed by atoms with E-state index in [0.29, 0.717) is 18.8 Å². The average Bonchev–Trinajstić information content (AvgIpc) is 3.11. The van der Waals surface area contributed by atoms with E-state index in [9.17, 15) is 32.3 Å². The first kappa shape index (κ1) is 38.9. The highest BCUT2D eigenvalue weighted by molar-refractivity contribution is 6.34. The van der Waals surface area contributed by atoms with Crippen LogP contribution in [0.3, 0.4) is 0 Å². The van der Waals surface area contributed by atoms with Crippen LogP contribution in [0.25, 0.3) is 0 Å². The van der Waals surface area contributed by atoms with Crippen LogP contribution in [0.1, 0.15) is 41.6 Å². The van der Waals surface area contributed by atoms with Gasteiger partial charge in [-0.3, -0.25) is 14.4 Å². The number of fused-ring (bicyclic) bond motifs is 10. The summed E-state index contributed by atoms with van der Waals surface area (Å²) in [5, 5.41) is 10.6. The van der Waals surface area contributed by atoms with Gasteiger partial charge in [-0.1, -0.05) is 12.1 Å². The Labute approximate surface area is 296 Å². The molecule has 0 spiro atoms. The van der Waals surface area contributed by atoms with E-state index in [2.05, 4.69) is 36.2 Å². The molecule has 3 amide bonds. The molecular weight excluding hydrogens is 693 g/mol. The molecule has 3 heterocycles. The highest BCUT2D eigenvalue weighted by atomic mass is 19.4. The fraction of sp³-hybridized carbons (Fsp3) is 0.424. The summed E-state index contributed by atoms with van der Waals surface area (Å²) < 4.78 is 60.3. The van der Waals surface area contributed by atoms with Crippen LogP contribution in [0.15, 0.2) is 42.5 Å². The van der Waals surface area contributed by atoms with Crippen LogP contribution in [0, 0.1) is 0 Å². The zero-order valence-corrected chi connectivity index (χ0v) is 28.7. The molecule has 0 radical (unpaired) electrons. The number of benzene rings is 2. The number of hydrogen-bond acceptors (Lipinski definition) is 13. The smallest absolute Gasteiger partial charge is 0.422 e. The monoisotopic (exact) mass is 732 g/mol. The summed E-state index contributed by atoms with van der Waals surface area (Å²) in [6.07, 6.45) is -1.60. The molecular formula is C33H39F3N8O8. The van der Waals surface area contributed by atoms with Crippen LogP contribution < -0.4 is 35.5 Å². The number of aromatic nitrogens is 3. The highest BCUT2D eigenvalue weighted by Crippen LogP contribution is 2.27. The Morgan fingerprint density at radius 3 is 2.31 bits per heavy atom. The fourth-order valence-electron chi connectivity index (χ4n) is 4.60. The van der Waals surface area contributed by atoms with Crippen LogP contribution in [0.2, 0.25) is 0 Å². The standard InChI is InChI=1S/C33H39F3N8O8/c1-44(2)28(47)27(46)37-18-24(29(48)49-3)40-26(45)23-13-10-21-16-25(23)51-15-7-5-4-6-14-50-22-11-8-20(9-12-22)17-38-30-41-31(39-21)43-32(42-30)52-19-33(34,35)36/h8-13,16,24H,4-7,14-15,17-19H2,1-3H3,(H,37,46)(H,40,45)(H2,38,39,41,42,43). The summed E-state index contributed by atoms with van der Waals surface area (Å²) >= 11 is 0. The topological polar surface area (TPSA) is 195 Å². The minimum Gasteiger partial charge on any atom is -0.494 e. The molecule has 0 saturated carbocycles. The second-order valence-corrected chi connectivity index (χ2v) is 11.6. The van der Waals surface area contributed by atoms with E-state index in [1.807, 2.05) is 24.3 Å². The van der Waals surface area contributed by atoms with Gasteiger partial charge in [0.05, 0.1) is 25.9 Å². The van der Waals surface area contributed by atoms with Crippen LogP contribution >= 0.6 is 0 Å². The molecule has 2 aliphatic rings. The normalized spacial score (nSPS) is 14.0. The molecule has 52 heavy (non-hydrogen) atoms. The van der Waals surface area contributed by atoms with E-state index in [4.69, 9.17) is 18.9 Å². The molecule has 2 aliphatic heterocycles. The van der Waals surface area contributed by atoms with Crippen molar-refractivity contribution in [3.63, 3.8) is 0 Å². The summed E-state index contributed by atoms with van der Waals surface area (Å²) in [7, 11) is 3.86. The maximum absolute atomic E-state index is 13.5. The lowest BCUT2D eigenvalue weighted by Crippen LogP contribution is -2.51. The molecule has 5 rings (SSSR count). The maximum atomic E-state index is 13.5. The summed E-state index contributed by atoms with van der Waals surface area (Å²) in [6.45, 7) is -1.18. The van der Waals surface area contributed by atoms with Gasteiger partial charge in [0, 0.05) is 38.9 Å². The number of nitrogens with zero attached hydrogens (tertiary/aromatic N) is 4. The van der Waals surface area contributed by atoms with Gasteiger partial charge in [-0.2, -0.15) is 28.1 Å². The van der Waals surface area contributed by atoms with Gasteiger partial charge in [-0.05, 0) is 55.5 Å². The molecule has 3 aromatic rings. The Morgan fingerprint density at radius 1 is 0.942 bits per heavy atom. The largest absolute Gasteiger partial charge is 0.494 e. The van der Waals surface area contributed by atoms with Gasteiger partial charge < -0.3 is 45.1 Å². The van der Waals surface area contributed by atoms with Crippen molar-refractivity contribution in [2.75, 3.05) is 58.2 Å². The van der Waals surface area contributed by atoms with Gasteiger partial charge >= 0.3 is 30.0 Å². The molecule has 1 unspecified atom stereocenters. The molecule has 16 nitrogen and oxygen atoms in total. The van der Waals surface area contributed by atoms with Crippen molar-refractivity contribution in [2.45, 2.75) is 44.4 Å². The first-order chi connectivity index (χ1) is 24.8. The van der Waals surface area contributed by atoms with E-state index in [1.165, 1.54) is 32.3 Å². The molecule has 1 aromatic heterocycles. The van der Waals surface area contributed by atoms with Crippen LogP contribution in [-0.2, 0) is 25.7 Å². The molecule has 2 aromatic carbocycles. The molecule has 0 aliphatic carbocycles. The second kappa shape index (κ2) is 18.4. The Balaban J connectivity index is 1.61. The molecule has 4 N–H and O–H groups in total. The molecule has 280 valence electrons. The zero-order chi connectivity index (χ0) is 37.7. The number of rotatable bonds is 7. The third-order valence-electron chi connectivity index (χ3n) is 7.26. The number of ether oxygens (including phenoxy) is 4. The first-order valence-corrected chi connectivity index (χ1v) is 16.1. The predicted molar refractivity (Wildman–Crippen MR) is 179 cm³/mol. The van der Waals surface area contributed by atoms with Gasteiger partial charge in [0.15, 0.2) is 6.61 Å². The van der Waals surface area contributed by atoms with Crippen LogP contribution in [0.5, 0.6) is 17.5 Å². The van der Waals surface area contributed by atoms with Crippen LogP contribution in [-0.4, -0.2) is 103 Å². The predicted octanol–water partition coefficient (Wildman–Crippen LogP) is 2.98. The van der Waals surface area contributed by atoms with Crippen LogP contribution in [0.4, 0.5) is 30.8 Å².